The molecule has 2 bridgehead atoms. The van der Waals surface area contributed by atoms with Crippen LogP contribution in [0.4, 0.5) is 13.2 Å². The van der Waals surface area contributed by atoms with E-state index in [1.807, 2.05) is 0 Å². The van der Waals surface area contributed by atoms with Gasteiger partial charge in [-0.15, -0.1) is 0 Å². The number of nitrogens with one attached hydrogen (secondary N) is 2. The van der Waals surface area contributed by atoms with Gasteiger partial charge in [-0.05, 0) is 87.8 Å². The first-order valence-electron chi connectivity index (χ1n) is 21.4. The molecule has 7 atom stereocenters. The van der Waals surface area contributed by atoms with Gasteiger partial charge in [-0.1, -0.05) is 36.4 Å². The maximum atomic E-state index is 14.9. The molecule has 3 aliphatic carbocycles. The van der Waals surface area contributed by atoms with Crippen molar-refractivity contribution in [3.63, 3.8) is 0 Å². The SMILES string of the molecule is CC(C)(C)OC(=O)CC[C@@H](CO)NC(=O)c1cccc(CNC(=O)[C@@]23C[C@H]4OC(=O)[C@@H]2N(Cc2ccccc2C=CC(=O)OCC(F)(F)F)O[C@@H]3[C@H]2OC(C3CC3)(C3CC3)O[C@H]24)c1. The van der Waals surface area contributed by atoms with Crippen molar-refractivity contribution in [3.05, 3.63) is 76.9 Å². The highest BCUT2D eigenvalue weighted by Gasteiger charge is 2.78. The molecule has 0 spiro atoms. The van der Waals surface area contributed by atoms with Crippen LogP contribution in [0.15, 0.2) is 54.6 Å². The fraction of sp³-hybridized carbons (Fsp3) is 0.578. The standard InChI is InChI=1S/C45H52F3N3O12/c1-42(2,3)60-34(54)18-16-31(23-52)50-39(55)27-10-6-7-25(19-27)21-49-41(57)43-20-32-35-36(62-45(61-35,29-12-13-29)30-14-15-30)38(43)63-51(37(43)40(56)59-32)22-28-9-5-4-8-26(28)11-17-33(53)58-24-44(46,47)48/h4-11,17,19,29-32,35-38,52H,12-16,18,20-24H2,1-3H3,(H,49,57)(H,50,55)/t31-,32+,35-,36-,37-,38+,43-/m0/s1. The summed E-state index contributed by atoms with van der Waals surface area (Å²) in [6, 6.07) is 11.3. The number of esters is 3. The smallest absolute Gasteiger partial charge is 0.422 e. The molecule has 2 aromatic rings. The molecule has 3 N–H and O–H groups in total. The average Bonchev–Trinajstić information content (AvgIpc) is 4.18. The molecule has 6 aliphatic rings. The van der Waals surface area contributed by atoms with E-state index >= 15 is 0 Å². The van der Waals surface area contributed by atoms with Crippen LogP contribution in [0.2, 0.25) is 0 Å². The number of nitrogens with zero attached hydrogens (tertiary/aromatic N) is 1. The van der Waals surface area contributed by atoms with Gasteiger partial charge in [0.2, 0.25) is 5.91 Å². The van der Waals surface area contributed by atoms with Crippen molar-refractivity contribution >= 4 is 35.8 Å². The number of carbonyl (C=O) groups is 5. The number of halogens is 3. The van der Waals surface area contributed by atoms with Gasteiger partial charge >= 0.3 is 24.1 Å². The number of benzene rings is 2. The Balaban J connectivity index is 1.02. The molecular weight excluding hydrogens is 831 g/mol. The minimum Gasteiger partial charge on any atom is -0.460 e. The number of aliphatic hydroxyl groups is 1. The van der Waals surface area contributed by atoms with E-state index in [0.717, 1.165) is 31.8 Å². The monoisotopic (exact) mass is 883 g/mol. The van der Waals surface area contributed by atoms with Crippen LogP contribution < -0.4 is 10.6 Å². The van der Waals surface area contributed by atoms with Crippen molar-refractivity contribution in [2.45, 2.75) is 133 Å². The Kier molecular flexibility index (Phi) is 12.2. The molecule has 0 aromatic heterocycles. The molecular formula is C45H52F3N3O12. The Hall–Kier alpha value is -4.88. The quantitative estimate of drug-likeness (QED) is 0.122. The van der Waals surface area contributed by atoms with Crippen LogP contribution in [-0.4, -0.2) is 107 Å². The van der Waals surface area contributed by atoms with Crippen molar-refractivity contribution in [2.24, 2.45) is 17.3 Å². The summed E-state index contributed by atoms with van der Waals surface area (Å²) in [6.07, 6.45) is -1.90. The number of carbonyl (C=O) groups excluding carboxylic acids is 5. The molecule has 18 heteroatoms. The highest BCUT2D eigenvalue weighted by atomic mass is 19.4. The van der Waals surface area contributed by atoms with E-state index in [4.69, 9.17) is 23.8 Å². The number of rotatable bonds is 16. The van der Waals surface area contributed by atoms with Crippen LogP contribution in [0, 0.1) is 17.3 Å². The van der Waals surface area contributed by atoms with E-state index in [1.54, 1.807) is 69.3 Å². The van der Waals surface area contributed by atoms with E-state index in [0.29, 0.717) is 16.7 Å². The van der Waals surface area contributed by atoms with E-state index < -0.39 is 102 Å². The predicted octanol–water partition coefficient (Wildman–Crippen LogP) is 4.43. The number of alkyl halides is 3. The lowest BCUT2D eigenvalue weighted by atomic mass is 9.62. The molecule has 8 rings (SSSR count). The lowest BCUT2D eigenvalue weighted by molar-refractivity contribution is -0.235. The molecule has 340 valence electrons. The third-order valence-corrected chi connectivity index (χ3v) is 12.4. The Bertz CT molecular complexity index is 2120. The van der Waals surface area contributed by atoms with Gasteiger partial charge in [0.05, 0.1) is 19.2 Å². The molecule has 0 radical (unpaired) electrons. The highest BCUT2D eigenvalue weighted by Crippen LogP contribution is 2.63. The van der Waals surface area contributed by atoms with E-state index in [9.17, 15) is 42.3 Å². The Morgan fingerprint density at radius 3 is 2.40 bits per heavy atom. The average molecular weight is 884 g/mol. The summed E-state index contributed by atoms with van der Waals surface area (Å²) >= 11 is 0. The number of ether oxygens (including phenoxy) is 5. The highest BCUT2D eigenvalue weighted by molar-refractivity contribution is 5.95. The van der Waals surface area contributed by atoms with Gasteiger partial charge in [-0.3, -0.25) is 24.0 Å². The predicted molar refractivity (Wildman–Crippen MR) is 213 cm³/mol. The molecule has 6 fully saturated rings. The summed E-state index contributed by atoms with van der Waals surface area (Å²) in [5.74, 6) is -3.91. The van der Waals surface area contributed by atoms with Crippen LogP contribution in [0.3, 0.4) is 0 Å². The largest absolute Gasteiger partial charge is 0.460 e. The number of hydroxylamine groups is 2. The minimum absolute atomic E-state index is 0.0105. The van der Waals surface area contributed by atoms with Crippen molar-refractivity contribution in [1.29, 1.82) is 0 Å². The first-order chi connectivity index (χ1) is 29.9. The maximum absolute atomic E-state index is 14.9. The third-order valence-electron chi connectivity index (χ3n) is 12.4. The summed E-state index contributed by atoms with van der Waals surface area (Å²) in [4.78, 5) is 73.6. The number of hydrogen-bond donors (Lipinski definition) is 3. The molecule has 3 saturated carbocycles. The van der Waals surface area contributed by atoms with Gasteiger partial charge in [0.15, 0.2) is 18.4 Å². The third kappa shape index (κ3) is 9.51. The number of aliphatic hydroxyl groups excluding tert-OH is 1. The van der Waals surface area contributed by atoms with Gasteiger partial charge < -0.3 is 39.4 Å². The summed E-state index contributed by atoms with van der Waals surface area (Å²) in [5, 5.41) is 17.1. The van der Waals surface area contributed by atoms with Gasteiger partial charge in [0.25, 0.3) is 5.91 Å². The van der Waals surface area contributed by atoms with Crippen molar-refractivity contribution in [2.75, 3.05) is 13.2 Å². The number of hydrogen-bond acceptors (Lipinski definition) is 13. The normalized spacial score (nSPS) is 27.9. The molecule has 3 aliphatic heterocycles. The molecule has 2 amide bonds. The maximum Gasteiger partial charge on any atom is 0.422 e. The Labute approximate surface area is 361 Å². The lowest BCUT2D eigenvalue weighted by Crippen LogP contribution is -2.69. The zero-order chi connectivity index (χ0) is 44.9. The molecule has 15 nitrogen and oxygen atoms in total. The van der Waals surface area contributed by atoms with Gasteiger partial charge in [0, 0.05) is 42.9 Å². The Morgan fingerprint density at radius 1 is 1.00 bits per heavy atom. The zero-order valence-corrected chi connectivity index (χ0v) is 35.2. The zero-order valence-electron chi connectivity index (χ0n) is 35.2. The van der Waals surface area contributed by atoms with Crippen LogP contribution in [-0.2, 0) is 60.8 Å². The van der Waals surface area contributed by atoms with Crippen molar-refractivity contribution < 1.29 is 70.8 Å². The lowest BCUT2D eigenvalue weighted by Gasteiger charge is -2.48. The van der Waals surface area contributed by atoms with Crippen molar-refractivity contribution in [1.82, 2.24) is 15.7 Å². The van der Waals surface area contributed by atoms with E-state index in [2.05, 4.69) is 15.4 Å². The first kappa shape index (κ1) is 44.7. The molecule has 0 unspecified atom stereocenters. The van der Waals surface area contributed by atoms with Gasteiger partial charge in [0.1, 0.15) is 35.4 Å². The van der Waals surface area contributed by atoms with Crippen LogP contribution in [0.1, 0.15) is 92.8 Å². The minimum atomic E-state index is -4.69. The second-order valence-electron chi connectivity index (χ2n) is 18.3. The molecule has 63 heavy (non-hydrogen) atoms. The van der Waals surface area contributed by atoms with E-state index in [-0.39, 0.29) is 49.8 Å². The van der Waals surface area contributed by atoms with Crippen LogP contribution >= 0.6 is 0 Å². The Morgan fingerprint density at radius 2 is 1.71 bits per heavy atom. The molecule has 3 heterocycles. The second-order valence-corrected chi connectivity index (χ2v) is 18.3. The van der Waals surface area contributed by atoms with Crippen molar-refractivity contribution in [3.8, 4) is 0 Å². The van der Waals surface area contributed by atoms with Crippen LogP contribution in [0.25, 0.3) is 6.08 Å². The van der Waals surface area contributed by atoms with Crippen LogP contribution in [0.5, 0.6) is 0 Å². The first-order valence-corrected chi connectivity index (χ1v) is 21.4. The molecule has 3 saturated heterocycles. The summed E-state index contributed by atoms with van der Waals surface area (Å²) in [5.41, 5.74) is -0.439. The topological polar surface area (TPSA) is 188 Å². The van der Waals surface area contributed by atoms with E-state index in [1.165, 1.54) is 11.1 Å². The molecule has 2 aromatic carbocycles. The fourth-order valence-electron chi connectivity index (χ4n) is 9.37. The fourth-order valence-corrected chi connectivity index (χ4v) is 9.37. The number of fused-ring (bicyclic) bond motifs is 4. The summed E-state index contributed by atoms with van der Waals surface area (Å²) < 4.78 is 67.5. The summed E-state index contributed by atoms with van der Waals surface area (Å²) in [7, 11) is 0. The number of amides is 2. The van der Waals surface area contributed by atoms with Gasteiger partial charge in [-0.25, -0.2) is 4.79 Å². The second kappa shape index (κ2) is 17.3. The van der Waals surface area contributed by atoms with Gasteiger partial charge in [-0.2, -0.15) is 18.2 Å². The summed E-state index contributed by atoms with van der Waals surface area (Å²) in [6.45, 7) is 2.97.